The Morgan fingerprint density at radius 2 is 2.06 bits per heavy atom. The van der Waals surface area contributed by atoms with E-state index in [4.69, 9.17) is 0 Å². The van der Waals surface area contributed by atoms with E-state index in [1.165, 1.54) is 0 Å². The summed E-state index contributed by atoms with van der Waals surface area (Å²) in [6.45, 7) is 3.71. The van der Waals surface area contributed by atoms with Crippen LogP contribution < -0.4 is 15.4 Å². The monoisotopic (exact) mass is 277 g/mol. The number of amides is 1. The molecule has 7 heteroatoms. The first kappa shape index (κ1) is 15.4. The smallest absolute Gasteiger partial charge is 0.224 e. The van der Waals surface area contributed by atoms with Crippen molar-refractivity contribution in [2.24, 2.45) is 5.92 Å². The second-order valence-corrected chi connectivity index (χ2v) is 6.73. The van der Waals surface area contributed by atoms with E-state index in [1.807, 2.05) is 0 Å². The van der Waals surface area contributed by atoms with E-state index in [1.54, 1.807) is 0 Å². The Kier molecular flexibility index (Phi) is 6.04. The Bertz CT molecular complexity index is 362. The van der Waals surface area contributed by atoms with Crippen LogP contribution in [-0.2, 0) is 14.8 Å². The predicted octanol–water partition coefficient (Wildman–Crippen LogP) is -0.570. The molecule has 1 rings (SSSR count). The Morgan fingerprint density at radius 1 is 1.33 bits per heavy atom. The Morgan fingerprint density at radius 3 is 2.61 bits per heavy atom. The quantitative estimate of drug-likeness (QED) is 0.567. The number of piperidine rings is 1. The molecule has 0 aliphatic carbocycles. The summed E-state index contributed by atoms with van der Waals surface area (Å²) in [5.74, 6) is 0.109. The van der Waals surface area contributed by atoms with Gasteiger partial charge in [0.2, 0.25) is 15.9 Å². The third-order valence-electron chi connectivity index (χ3n) is 3.05. The van der Waals surface area contributed by atoms with Crippen LogP contribution in [0, 0.1) is 5.92 Å². The van der Waals surface area contributed by atoms with E-state index in [2.05, 4.69) is 22.3 Å². The van der Waals surface area contributed by atoms with Crippen molar-refractivity contribution in [3.05, 3.63) is 0 Å². The summed E-state index contributed by atoms with van der Waals surface area (Å²) < 4.78 is 24.0. The molecule has 2 atom stereocenters. The predicted molar refractivity (Wildman–Crippen MR) is 70.7 cm³/mol. The highest BCUT2D eigenvalue weighted by molar-refractivity contribution is 7.88. The molecule has 1 aliphatic rings. The molecule has 0 aromatic heterocycles. The van der Waals surface area contributed by atoms with E-state index in [0.717, 1.165) is 25.6 Å². The first-order valence-electron chi connectivity index (χ1n) is 6.34. The zero-order chi connectivity index (χ0) is 13.6. The van der Waals surface area contributed by atoms with Gasteiger partial charge in [0.1, 0.15) is 0 Å². The Hall–Kier alpha value is -0.660. The SMILES string of the molecule is CC1CCC(C(=O)NCCCNS(C)(=O)=O)CN1. The van der Waals surface area contributed by atoms with Crippen molar-refractivity contribution in [1.29, 1.82) is 0 Å². The molecule has 0 radical (unpaired) electrons. The molecular formula is C11H23N3O3S. The summed E-state index contributed by atoms with van der Waals surface area (Å²) in [5, 5.41) is 6.12. The fourth-order valence-electron chi connectivity index (χ4n) is 1.92. The third-order valence-corrected chi connectivity index (χ3v) is 3.78. The number of sulfonamides is 1. The van der Waals surface area contributed by atoms with Gasteiger partial charge < -0.3 is 10.6 Å². The van der Waals surface area contributed by atoms with Gasteiger partial charge in [0.25, 0.3) is 0 Å². The molecule has 18 heavy (non-hydrogen) atoms. The molecule has 0 aromatic rings. The first-order chi connectivity index (χ1) is 8.38. The zero-order valence-corrected chi connectivity index (χ0v) is 11.8. The van der Waals surface area contributed by atoms with Gasteiger partial charge in [-0.15, -0.1) is 0 Å². The average molecular weight is 277 g/mol. The summed E-state index contributed by atoms with van der Waals surface area (Å²) in [7, 11) is -3.12. The van der Waals surface area contributed by atoms with Crippen LogP contribution in [0.5, 0.6) is 0 Å². The summed E-state index contributed by atoms with van der Waals surface area (Å²) in [5.41, 5.74) is 0. The van der Waals surface area contributed by atoms with Gasteiger partial charge in [-0.3, -0.25) is 4.79 Å². The highest BCUT2D eigenvalue weighted by Gasteiger charge is 2.23. The molecule has 106 valence electrons. The zero-order valence-electron chi connectivity index (χ0n) is 11.0. The standard InChI is InChI=1S/C11H23N3O3S/c1-9-4-5-10(8-13-9)11(15)12-6-3-7-14-18(2,16)17/h9-10,13-14H,3-8H2,1-2H3,(H,12,15). The van der Waals surface area contributed by atoms with Crippen LogP contribution in [0.3, 0.4) is 0 Å². The van der Waals surface area contributed by atoms with Gasteiger partial charge >= 0.3 is 0 Å². The molecule has 0 bridgehead atoms. The summed E-state index contributed by atoms with van der Waals surface area (Å²) in [6, 6.07) is 0.494. The lowest BCUT2D eigenvalue weighted by atomic mass is 9.95. The minimum atomic E-state index is -3.12. The molecule has 1 amide bonds. The largest absolute Gasteiger partial charge is 0.356 e. The highest BCUT2D eigenvalue weighted by Crippen LogP contribution is 2.13. The van der Waals surface area contributed by atoms with Crippen LogP contribution >= 0.6 is 0 Å². The van der Waals surface area contributed by atoms with Gasteiger partial charge in [0.05, 0.1) is 12.2 Å². The van der Waals surface area contributed by atoms with Gasteiger partial charge in [-0.1, -0.05) is 0 Å². The van der Waals surface area contributed by atoms with Crippen molar-refractivity contribution in [2.45, 2.75) is 32.2 Å². The van der Waals surface area contributed by atoms with Crippen molar-refractivity contribution < 1.29 is 13.2 Å². The molecule has 0 spiro atoms. The lowest BCUT2D eigenvalue weighted by molar-refractivity contribution is -0.125. The molecule has 6 nitrogen and oxygen atoms in total. The van der Waals surface area contributed by atoms with Gasteiger partial charge in [-0.05, 0) is 26.2 Å². The average Bonchev–Trinajstić information content (AvgIpc) is 2.27. The molecule has 1 aliphatic heterocycles. The molecule has 1 fully saturated rings. The van der Waals surface area contributed by atoms with Crippen molar-refractivity contribution in [1.82, 2.24) is 15.4 Å². The first-order valence-corrected chi connectivity index (χ1v) is 8.23. The normalized spacial score (nSPS) is 24.8. The maximum atomic E-state index is 11.8. The fourth-order valence-corrected chi connectivity index (χ4v) is 2.44. The number of hydrogen-bond donors (Lipinski definition) is 3. The summed E-state index contributed by atoms with van der Waals surface area (Å²) in [6.07, 6.45) is 3.67. The Balaban J connectivity index is 2.10. The van der Waals surface area contributed by atoms with Crippen LogP contribution in [0.25, 0.3) is 0 Å². The second-order valence-electron chi connectivity index (χ2n) is 4.89. The maximum absolute atomic E-state index is 11.8. The van der Waals surface area contributed by atoms with Crippen molar-refractivity contribution in [3.8, 4) is 0 Å². The molecule has 0 aromatic carbocycles. The van der Waals surface area contributed by atoms with Crippen LogP contribution in [-0.4, -0.2) is 46.3 Å². The molecular weight excluding hydrogens is 254 g/mol. The molecule has 2 unspecified atom stereocenters. The number of rotatable bonds is 6. The molecule has 3 N–H and O–H groups in total. The van der Waals surface area contributed by atoms with Crippen molar-refractivity contribution >= 4 is 15.9 Å². The number of nitrogens with one attached hydrogen (secondary N) is 3. The highest BCUT2D eigenvalue weighted by atomic mass is 32.2. The van der Waals surface area contributed by atoms with Gasteiger partial charge in [0.15, 0.2) is 0 Å². The lowest BCUT2D eigenvalue weighted by Crippen LogP contribution is -2.44. The summed E-state index contributed by atoms with van der Waals surface area (Å²) in [4.78, 5) is 11.8. The maximum Gasteiger partial charge on any atom is 0.224 e. The number of carbonyl (C=O) groups excluding carboxylic acids is 1. The van der Waals surface area contributed by atoms with Crippen LogP contribution in [0.2, 0.25) is 0 Å². The van der Waals surface area contributed by atoms with E-state index >= 15 is 0 Å². The van der Waals surface area contributed by atoms with Crippen LogP contribution in [0.4, 0.5) is 0 Å². The van der Waals surface area contributed by atoms with E-state index in [0.29, 0.717) is 25.6 Å². The fraction of sp³-hybridized carbons (Fsp3) is 0.909. The number of hydrogen-bond acceptors (Lipinski definition) is 4. The second kappa shape index (κ2) is 7.06. The topological polar surface area (TPSA) is 87.3 Å². The minimum Gasteiger partial charge on any atom is -0.356 e. The van der Waals surface area contributed by atoms with Gasteiger partial charge in [0, 0.05) is 25.7 Å². The molecule has 1 heterocycles. The minimum absolute atomic E-state index is 0.0454. The van der Waals surface area contributed by atoms with Crippen molar-refractivity contribution in [2.75, 3.05) is 25.9 Å². The van der Waals surface area contributed by atoms with E-state index < -0.39 is 10.0 Å². The molecule has 1 saturated heterocycles. The van der Waals surface area contributed by atoms with Crippen LogP contribution in [0.1, 0.15) is 26.2 Å². The van der Waals surface area contributed by atoms with Crippen molar-refractivity contribution in [3.63, 3.8) is 0 Å². The summed E-state index contributed by atoms with van der Waals surface area (Å²) >= 11 is 0. The van der Waals surface area contributed by atoms with Gasteiger partial charge in [-0.2, -0.15) is 0 Å². The van der Waals surface area contributed by atoms with Gasteiger partial charge in [-0.25, -0.2) is 13.1 Å². The third kappa shape index (κ3) is 6.32. The van der Waals surface area contributed by atoms with Crippen LogP contribution in [0.15, 0.2) is 0 Å². The van der Waals surface area contributed by atoms with E-state index in [-0.39, 0.29) is 11.8 Å². The number of carbonyl (C=O) groups is 1. The van der Waals surface area contributed by atoms with E-state index in [9.17, 15) is 13.2 Å². The molecule has 0 saturated carbocycles. The lowest BCUT2D eigenvalue weighted by Gasteiger charge is -2.26. The Labute approximate surface area is 109 Å².